The summed E-state index contributed by atoms with van der Waals surface area (Å²) in [6, 6.07) is -0.298. The number of rotatable bonds is 5. The molecule has 0 heterocycles. The molecule has 0 aliphatic heterocycles. The van der Waals surface area contributed by atoms with Gasteiger partial charge in [0.05, 0.1) is 12.6 Å². The molecular formula is C10H18F2N2O. The summed E-state index contributed by atoms with van der Waals surface area (Å²) < 4.78 is 23.7. The van der Waals surface area contributed by atoms with Crippen LogP contribution in [-0.4, -0.2) is 31.0 Å². The van der Waals surface area contributed by atoms with Gasteiger partial charge in [0.2, 0.25) is 5.91 Å². The summed E-state index contributed by atoms with van der Waals surface area (Å²) in [7, 11) is 0. The normalized spacial score (nSPS) is 19.5. The number of carbonyl (C=O) groups excluding carboxylic acids is 1. The number of hydrogen-bond acceptors (Lipinski definition) is 2. The Balaban J connectivity index is 2.20. The van der Waals surface area contributed by atoms with Crippen molar-refractivity contribution in [1.29, 1.82) is 0 Å². The molecule has 1 aliphatic carbocycles. The highest BCUT2D eigenvalue weighted by Gasteiger charge is 2.20. The van der Waals surface area contributed by atoms with Crippen LogP contribution in [0.15, 0.2) is 0 Å². The molecule has 1 atom stereocenters. The third-order valence-corrected chi connectivity index (χ3v) is 2.67. The van der Waals surface area contributed by atoms with Crippen molar-refractivity contribution >= 4 is 5.91 Å². The maximum Gasteiger partial charge on any atom is 0.250 e. The molecule has 2 N–H and O–H groups in total. The van der Waals surface area contributed by atoms with Gasteiger partial charge in [-0.1, -0.05) is 12.8 Å². The number of alkyl halides is 2. The first-order valence-corrected chi connectivity index (χ1v) is 5.41. The Morgan fingerprint density at radius 1 is 1.40 bits per heavy atom. The summed E-state index contributed by atoms with van der Waals surface area (Å²) in [5.74, 6) is -0.178. The van der Waals surface area contributed by atoms with E-state index in [0.717, 1.165) is 25.7 Å². The first-order valence-electron chi connectivity index (χ1n) is 5.41. The molecule has 15 heavy (non-hydrogen) atoms. The van der Waals surface area contributed by atoms with Crippen molar-refractivity contribution in [3.05, 3.63) is 0 Å². The maximum atomic E-state index is 11.9. The standard InChI is InChI=1S/C10H18F2N2O/c1-7(13-6-9(11)12)10(15)14-8-4-2-3-5-8/h7-9,13H,2-6H2,1H3,(H,14,15). The molecule has 0 aromatic rings. The summed E-state index contributed by atoms with van der Waals surface area (Å²) in [5, 5.41) is 5.35. The summed E-state index contributed by atoms with van der Waals surface area (Å²) in [6.07, 6.45) is 1.89. The van der Waals surface area contributed by atoms with Crippen molar-refractivity contribution in [2.45, 2.75) is 51.1 Å². The third kappa shape index (κ3) is 4.55. The quantitative estimate of drug-likeness (QED) is 0.733. The van der Waals surface area contributed by atoms with Crippen LogP contribution in [0.25, 0.3) is 0 Å². The molecule has 0 spiro atoms. The molecule has 0 bridgehead atoms. The zero-order valence-electron chi connectivity index (χ0n) is 8.93. The van der Waals surface area contributed by atoms with Crippen molar-refractivity contribution in [2.75, 3.05) is 6.54 Å². The van der Waals surface area contributed by atoms with Gasteiger partial charge in [0.25, 0.3) is 6.43 Å². The molecule has 3 nitrogen and oxygen atoms in total. The van der Waals surface area contributed by atoms with Crippen LogP contribution in [0.5, 0.6) is 0 Å². The van der Waals surface area contributed by atoms with E-state index >= 15 is 0 Å². The molecule has 1 amide bonds. The molecule has 0 saturated heterocycles. The molecule has 1 rings (SSSR count). The van der Waals surface area contributed by atoms with Gasteiger partial charge in [0.15, 0.2) is 0 Å². The van der Waals surface area contributed by atoms with Crippen LogP contribution in [0.4, 0.5) is 8.78 Å². The van der Waals surface area contributed by atoms with Crippen molar-refractivity contribution < 1.29 is 13.6 Å². The Morgan fingerprint density at radius 3 is 2.53 bits per heavy atom. The van der Waals surface area contributed by atoms with E-state index in [1.165, 1.54) is 0 Å². The van der Waals surface area contributed by atoms with Gasteiger partial charge in [-0.2, -0.15) is 0 Å². The van der Waals surface area contributed by atoms with Crippen LogP contribution in [0, 0.1) is 0 Å². The monoisotopic (exact) mass is 220 g/mol. The predicted octanol–water partition coefficient (Wildman–Crippen LogP) is 1.29. The fourth-order valence-corrected chi connectivity index (χ4v) is 1.75. The molecule has 88 valence electrons. The van der Waals surface area contributed by atoms with Gasteiger partial charge in [0, 0.05) is 6.04 Å². The van der Waals surface area contributed by atoms with E-state index in [4.69, 9.17) is 0 Å². The number of carbonyl (C=O) groups is 1. The van der Waals surface area contributed by atoms with Gasteiger partial charge < -0.3 is 10.6 Å². The number of hydrogen-bond donors (Lipinski definition) is 2. The molecule has 0 radical (unpaired) electrons. The van der Waals surface area contributed by atoms with Gasteiger partial charge >= 0.3 is 0 Å². The smallest absolute Gasteiger partial charge is 0.250 e. The van der Waals surface area contributed by atoms with Crippen molar-refractivity contribution in [1.82, 2.24) is 10.6 Å². The Kier molecular flexibility index (Phi) is 4.94. The number of nitrogens with one attached hydrogen (secondary N) is 2. The van der Waals surface area contributed by atoms with Gasteiger partial charge in [-0.15, -0.1) is 0 Å². The molecule has 0 aromatic carbocycles. The van der Waals surface area contributed by atoms with E-state index in [-0.39, 0.29) is 11.9 Å². The second kappa shape index (κ2) is 6.00. The molecular weight excluding hydrogens is 202 g/mol. The summed E-state index contributed by atoms with van der Waals surface area (Å²) in [6.45, 7) is 1.17. The lowest BCUT2D eigenvalue weighted by molar-refractivity contribution is -0.123. The minimum atomic E-state index is -2.41. The average molecular weight is 220 g/mol. The van der Waals surface area contributed by atoms with Crippen molar-refractivity contribution in [2.24, 2.45) is 0 Å². The van der Waals surface area contributed by atoms with Gasteiger partial charge in [-0.05, 0) is 19.8 Å². The lowest BCUT2D eigenvalue weighted by Crippen LogP contribution is -2.46. The highest BCUT2D eigenvalue weighted by molar-refractivity contribution is 5.81. The summed E-state index contributed by atoms with van der Waals surface area (Å²) in [5.41, 5.74) is 0. The predicted molar refractivity (Wildman–Crippen MR) is 53.9 cm³/mol. The highest BCUT2D eigenvalue weighted by Crippen LogP contribution is 2.17. The summed E-state index contributed by atoms with van der Waals surface area (Å²) >= 11 is 0. The van der Waals surface area contributed by atoms with Crippen molar-refractivity contribution in [3.8, 4) is 0 Å². The third-order valence-electron chi connectivity index (χ3n) is 2.67. The molecule has 1 aliphatic rings. The largest absolute Gasteiger partial charge is 0.352 e. The van der Waals surface area contributed by atoms with Gasteiger partial charge in [-0.3, -0.25) is 4.79 Å². The zero-order chi connectivity index (χ0) is 11.3. The Morgan fingerprint density at radius 2 is 2.00 bits per heavy atom. The second-order valence-corrected chi connectivity index (χ2v) is 4.01. The first kappa shape index (κ1) is 12.4. The lowest BCUT2D eigenvalue weighted by atomic mass is 10.2. The maximum absolute atomic E-state index is 11.9. The SMILES string of the molecule is CC(NCC(F)F)C(=O)NC1CCCC1. The van der Waals surface area contributed by atoms with Crippen LogP contribution in [-0.2, 0) is 4.79 Å². The van der Waals surface area contributed by atoms with Crippen LogP contribution in [0.1, 0.15) is 32.6 Å². The topological polar surface area (TPSA) is 41.1 Å². The second-order valence-electron chi connectivity index (χ2n) is 4.01. The van der Waals surface area contributed by atoms with Crippen LogP contribution >= 0.6 is 0 Å². The Bertz CT molecular complexity index is 206. The van der Waals surface area contributed by atoms with Crippen LogP contribution < -0.4 is 10.6 Å². The van der Waals surface area contributed by atoms with Crippen molar-refractivity contribution in [3.63, 3.8) is 0 Å². The lowest BCUT2D eigenvalue weighted by Gasteiger charge is -2.17. The molecule has 1 unspecified atom stereocenters. The van der Waals surface area contributed by atoms with E-state index in [0.29, 0.717) is 0 Å². The van der Waals surface area contributed by atoms with Crippen LogP contribution in [0.2, 0.25) is 0 Å². The van der Waals surface area contributed by atoms with E-state index < -0.39 is 19.0 Å². The number of amides is 1. The number of halogens is 2. The highest BCUT2D eigenvalue weighted by atomic mass is 19.3. The van der Waals surface area contributed by atoms with Crippen LogP contribution in [0.3, 0.4) is 0 Å². The Labute approximate surface area is 88.6 Å². The first-order chi connectivity index (χ1) is 7.09. The molecule has 1 saturated carbocycles. The fourth-order valence-electron chi connectivity index (χ4n) is 1.75. The molecule has 0 aromatic heterocycles. The minimum absolute atomic E-state index is 0.178. The average Bonchev–Trinajstić information content (AvgIpc) is 2.66. The minimum Gasteiger partial charge on any atom is -0.352 e. The van der Waals surface area contributed by atoms with E-state index in [9.17, 15) is 13.6 Å². The van der Waals surface area contributed by atoms with E-state index in [2.05, 4.69) is 10.6 Å². The zero-order valence-corrected chi connectivity index (χ0v) is 8.93. The van der Waals surface area contributed by atoms with E-state index in [1.54, 1.807) is 6.92 Å². The molecule has 5 heteroatoms. The Hall–Kier alpha value is -0.710. The molecule has 1 fully saturated rings. The van der Waals surface area contributed by atoms with E-state index in [1.807, 2.05) is 0 Å². The summed E-state index contributed by atoms with van der Waals surface area (Å²) in [4.78, 5) is 11.5. The fraction of sp³-hybridized carbons (Fsp3) is 0.900. The van der Waals surface area contributed by atoms with Gasteiger partial charge in [-0.25, -0.2) is 8.78 Å². The van der Waals surface area contributed by atoms with Gasteiger partial charge in [0.1, 0.15) is 0 Å².